The first kappa shape index (κ1) is 15.8. The molecule has 0 aromatic heterocycles. The van der Waals surface area contributed by atoms with E-state index < -0.39 is 0 Å². The molecule has 0 unspecified atom stereocenters. The smallest absolute Gasteiger partial charge is 0.331 e. The van der Waals surface area contributed by atoms with Gasteiger partial charge in [0.1, 0.15) is 6.10 Å². The van der Waals surface area contributed by atoms with E-state index in [9.17, 15) is 4.79 Å². The standard InChI is InChI=1S/C19H26O2/c1-14(2)17-11-9-15(3)13-18(17)21-19(20)12-10-16-7-5-4-6-8-16/h4-8,10,12,14-15,17-18H,9,11,13H2,1-3H3/b12-10+/t15-,17-,18-/m1/s1. The molecule has 0 heterocycles. The van der Waals surface area contributed by atoms with E-state index in [2.05, 4.69) is 20.8 Å². The van der Waals surface area contributed by atoms with E-state index in [-0.39, 0.29) is 12.1 Å². The predicted octanol–water partition coefficient (Wildman–Crippen LogP) is 4.70. The molecule has 0 amide bonds. The molecule has 1 aliphatic carbocycles. The molecule has 0 aliphatic heterocycles. The topological polar surface area (TPSA) is 26.3 Å². The summed E-state index contributed by atoms with van der Waals surface area (Å²) in [6.45, 7) is 6.69. The van der Waals surface area contributed by atoms with Gasteiger partial charge in [-0.15, -0.1) is 0 Å². The number of hydrogen-bond donors (Lipinski definition) is 0. The lowest BCUT2D eigenvalue weighted by Crippen LogP contribution is -2.35. The molecule has 1 aromatic rings. The van der Waals surface area contributed by atoms with Crippen molar-refractivity contribution in [3.05, 3.63) is 42.0 Å². The highest BCUT2D eigenvalue weighted by atomic mass is 16.5. The summed E-state index contributed by atoms with van der Waals surface area (Å²) in [5.74, 6) is 1.49. The molecular formula is C19H26O2. The third kappa shape index (κ3) is 4.73. The Morgan fingerprint density at radius 3 is 2.62 bits per heavy atom. The van der Waals surface area contributed by atoms with Gasteiger partial charge in [0.05, 0.1) is 0 Å². The second-order valence-corrected chi connectivity index (χ2v) is 6.55. The number of carbonyl (C=O) groups is 1. The summed E-state index contributed by atoms with van der Waals surface area (Å²) in [7, 11) is 0. The van der Waals surface area contributed by atoms with Crippen molar-refractivity contribution in [2.75, 3.05) is 0 Å². The molecular weight excluding hydrogens is 260 g/mol. The van der Waals surface area contributed by atoms with Crippen molar-refractivity contribution in [1.82, 2.24) is 0 Å². The maximum atomic E-state index is 12.1. The van der Waals surface area contributed by atoms with Crippen LogP contribution in [-0.4, -0.2) is 12.1 Å². The first-order valence-electron chi connectivity index (χ1n) is 8.00. The number of rotatable bonds is 4. The molecule has 0 spiro atoms. The largest absolute Gasteiger partial charge is 0.459 e. The van der Waals surface area contributed by atoms with Gasteiger partial charge in [-0.25, -0.2) is 4.79 Å². The summed E-state index contributed by atoms with van der Waals surface area (Å²) < 4.78 is 5.73. The molecule has 0 saturated heterocycles. The van der Waals surface area contributed by atoms with Gasteiger partial charge in [0.25, 0.3) is 0 Å². The third-order valence-corrected chi connectivity index (χ3v) is 4.44. The highest BCUT2D eigenvalue weighted by molar-refractivity contribution is 5.87. The number of ether oxygens (including phenoxy) is 1. The van der Waals surface area contributed by atoms with Crippen molar-refractivity contribution in [1.29, 1.82) is 0 Å². The molecule has 3 atom stereocenters. The molecule has 2 nitrogen and oxygen atoms in total. The minimum atomic E-state index is -0.219. The van der Waals surface area contributed by atoms with Crippen LogP contribution in [0.4, 0.5) is 0 Å². The molecule has 0 bridgehead atoms. The van der Waals surface area contributed by atoms with Crippen molar-refractivity contribution in [2.24, 2.45) is 17.8 Å². The Balaban J connectivity index is 1.95. The molecule has 1 aromatic carbocycles. The number of esters is 1. The van der Waals surface area contributed by atoms with Crippen LogP contribution in [0.1, 0.15) is 45.6 Å². The van der Waals surface area contributed by atoms with Crippen molar-refractivity contribution in [3.8, 4) is 0 Å². The molecule has 2 heteroatoms. The lowest BCUT2D eigenvalue weighted by molar-refractivity contribution is -0.149. The first-order valence-corrected chi connectivity index (χ1v) is 8.00. The number of hydrogen-bond acceptors (Lipinski definition) is 2. The highest BCUT2D eigenvalue weighted by Crippen LogP contribution is 2.35. The van der Waals surface area contributed by atoms with Gasteiger partial charge in [0, 0.05) is 6.08 Å². The molecule has 21 heavy (non-hydrogen) atoms. The van der Waals surface area contributed by atoms with Crippen molar-refractivity contribution in [2.45, 2.75) is 46.1 Å². The Morgan fingerprint density at radius 2 is 1.95 bits per heavy atom. The van der Waals surface area contributed by atoms with Gasteiger partial charge in [0.15, 0.2) is 0 Å². The van der Waals surface area contributed by atoms with Gasteiger partial charge in [-0.1, -0.05) is 57.5 Å². The molecule has 2 rings (SSSR count). The molecule has 1 saturated carbocycles. The van der Waals surface area contributed by atoms with Gasteiger partial charge in [-0.05, 0) is 42.2 Å². The van der Waals surface area contributed by atoms with Crippen LogP contribution in [0.3, 0.4) is 0 Å². The zero-order valence-corrected chi connectivity index (χ0v) is 13.3. The SMILES string of the molecule is CC(C)[C@H]1CC[C@@H](C)C[C@H]1OC(=O)/C=C/c1ccccc1. The average molecular weight is 286 g/mol. The predicted molar refractivity (Wildman–Crippen MR) is 86.7 cm³/mol. The van der Waals surface area contributed by atoms with Crippen LogP contribution in [0, 0.1) is 17.8 Å². The van der Waals surface area contributed by atoms with E-state index in [1.807, 2.05) is 36.4 Å². The Kier molecular flexibility index (Phi) is 5.60. The van der Waals surface area contributed by atoms with Crippen molar-refractivity contribution in [3.63, 3.8) is 0 Å². The van der Waals surface area contributed by atoms with Crippen molar-refractivity contribution < 1.29 is 9.53 Å². The fourth-order valence-corrected chi connectivity index (χ4v) is 3.17. The van der Waals surface area contributed by atoms with Gasteiger partial charge in [-0.2, -0.15) is 0 Å². The van der Waals surface area contributed by atoms with E-state index in [4.69, 9.17) is 4.74 Å². The Bertz CT molecular complexity index is 476. The monoisotopic (exact) mass is 286 g/mol. The minimum absolute atomic E-state index is 0.0710. The van der Waals surface area contributed by atoms with E-state index >= 15 is 0 Å². The van der Waals surface area contributed by atoms with Gasteiger partial charge < -0.3 is 4.74 Å². The molecule has 0 radical (unpaired) electrons. The quantitative estimate of drug-likeness (QED) is 0.592. The summed E-state index contributed by atoms with van der Waals surface area (Å²) in [5, 5.41) is 0. The Hall–Kier alpha value is -1.57. The number of benzene rings is 1. The number of carbonyl (C=O) groups excluding carboxylic acids is 1. The van der Waals surface area contributed by atoms with Crippen LogP contribution >= 0.6 is 0 Å². The second-order valence-electron chi connectivity index (χ2n) is 6.55. The molecule has 1 fully saturated rings. The molecule has 1 aliphatic rings. The summed E-state index contributed by atoms with van der Waals surface area (Å²) in [6.07, 6.45) is 6.84. The van der Waals surface area contributed by atoms with E-state index in [0.29, 0.717) is 17.8 Å². The van der Waals surface area contributed by atoms with Crippen LogP contribution in [0.2, 0.25) is 0 Å². The van der Waals surface area contributed by atoms with E-state index in [0.717, 1.165) is 12.0 Å². The lowest BCUT2D eigenvalue weighted by atomic mass is 9.75. The fraction of sp³-hybridized carbons (Fsp3) is 0.526. The van der Waals surface area contributed by atoms with Crippen LogP contribution in [0.5, 0.6) is 0 Å². The van der Waals surface area contributed by atoms with Crippen LogP contribution in [0.25, 0.3) is 6.08 Å². The third-order valence-electron chi connectivity index (χ3n) is 4.44. The Labute approximate surface area is 128 Å². The zero-order valence-electron chi connectivity index (χ0n) is 13.3. The Morgan fingerprint density at radius 1 is 1.24 bits per heavy atom. The van der Waals surface area contributed by atoms with Gasteiger partial charge in [-0.3, -0.25) is 0 Å². The summed E-state index contributed by atoms with van der Waals surface area (Å²) in [6, 6.07) is 9.84. The minimum Gasteiger partial charge on any atom is -0.459 e. The lowest BCUT2D eigenvalue weighted by Gasteiger charge is -2.36. The molecule has 0 N–H and O–H groups in total. The van der Waals surface area contributed by atoms with Crippen molar-refractivity contribution >= 4 is 12.0 Å². The zero-order chi connectivity index (χ0) is 15.2. The van der Waals surface area contributed by atoms with Gasteiger partial charge in [0.2, 0.25) is 0 Å². The summed E-state index contributed by atoms with van der Waals surface area (Å²) in [5.41, 5.74) is 1.02. The maximum Gasteiger partial charge on any atom is 0.331 e. The fourth-order valence-electron chi connectivity index (χ4n) is 3.17. The van der Waals surface area contributed by atoms with Crippen LogP contribution in [-0.2, 0) is 9.53 Å². The summed E-state index contributed by atoms with van der Waals surface area (Å²) in [4.78, 5) is 12.1. The highest BCUT2D eigenvalue weighted by Gasteiger charge is 2.32. The average Bonchev–Trinajstić information content (AvgIpc) is 2.46. The van der Waals surface area contributed by atoms with E-state index in [1.165, 1.54) is 12.8 Å². The van der Waals surface area contributed by atoms with Crippen LogP contribution < -0.4 is 0 Å². The molecule has 114 valence electrons. The second kappa shape index (κ2) is 7.44. The summed E-state index contributed by atoms with van der Waals surface area (Å²) >= 11 is 0. The van der Waals surface area contributed by atoms with Crippen LogP contribution in [0.15, 0.2) is 36.4 Å². The first-order chi connectivity index (χ1) is 10.1. The van der Waals surface area contributed by atoms with Gasteiger partial charge >= 0.3 is 5.97 Å². The maximum absolute atomic E-state index is 12.1. The van der Waals surface area contributed by atoms with E-state index in [1.54, 1.807) is 6.08 Å². The normalized spacial score (nSPS) is 26.2.